The second kappa shape index (κ2) is 6.39. The van der Waals surface area contributed by atoms with Gasteiger partial charge in [0.25, 0.3) is 0 Å². The van der Waals surface area contributed by atoms with Crippen LogP contribution in [0, 0.1) is 19.3 Å². The Hall–Kier alpha value is -2.72. The molecule has 0 spiro atoms. The molecule has 4 aromatic heterocycles. The predicted molar refractivity (Wildman–Crippen MR) is 123 cm³/mol. The fraction of sp³-hybridized carbons (Fsp3) is 0.280. The first kappa shape index (κ1) is 16.1. The van der Waals surface area contributed by atoms with Gasteiger partial charge in [0, 0.05) is 29.6 Å². The lowest BCUT2D eigenvalue weighted by molar-refractivity contribution is 0.412. The number of nitrogens with zero attached hydrogens (tertiary/aromatic N) is 2. The summed E-state index contributed by atoms with van der Waals surface area (Å²) in [5.41, 5.74) is 4.84. The van der Waals surface area contributed by atoms with Crippen LogP contribution in [0.2, 0.25) is 0 Å². The highest BCUT2D eigenvalue weighted by molar-refractivity contribution is 7.19. The molecule has 4 heterocycles. The summed E-state index contributed by atoms with van der Waals surface area (Å²) >= 11 is 1.60. The van der Waals surface area contributed by atoms with E-state index in [2.05, 4.69) is 4.98 Å². The van der Waals surface area contributed by atoms with Gasteiger partial charge in [-0.3, -0.25) is 0 Å². The van der Waals surface area contributed by atoms with E-state index in [0.29, 0.717) is 11.3 Å². The highest BCUT2D eigenvalue weighted by Gasteiger charge is 2.20. The summed E-state index contributed by atoms with van der Waals surface area (Å²) in [5, 5.41) is 1.99. The summed E-state index contributed by atoms with van der Waals surface area (Å²) in [6, 6.07) is 14.1. The maximum Gasteiger partial charge on any atom is 0.227 e. The zero-order chi connectivity index (χ0) is 22.1. The van der Waals surface area contributed by atoms with Gasteiger partial charge >= 0.3 is 0 Å². The van der Waals surface area contributed by atoms with E-state index in [9.17, 15) is 0 Å². The molecule has 0 amide bonds. The molecule has 3 nitrogen and oxygen atoms in total. The normalized spacial score (nSPS) is 14.0. The minimum Gasteiger partial charge on any atom is -0.437 e. The van der Waals surface area contributed by atoms with Gasteiger partial charge in [-0.25, -0.2) is 9.97 Å². The van der Waals surface area contributed by atoms with E-state index in [1.54, 1.807) is 11.3 Å². The molecular weight excluding hydrogens is 376 g/mol. The van der Waals surface area contributed by atoms with Crippen LogP contribution in [0.4, 0.5) is 0 Å². The molecule has 4 heteroatoms. The van der Waals surface area contributed by atoms with Crippen molar-refractivity contribution in [2.45, 2.75) is 41.0 Å². The third kappa shape index (κ3) is 3.12. The fourth-order valence-corrected chi connectivity index (χ4v) is 4.70. The van der Waals surface area contributed by atoms with Crippen LogP contribution in [0.1, 0.15) is 39.6 Å². The van der Waals surface area contributed by atoms with E-state index < -0.39 is 11.8 Å². The molecule has 0 bridgehead atoms. The van der Waals surface area contributed by atoms with Crippen molar-refractivity contribution < 1.29 is 7.16 Å². The number of para-hydroxylation sites is 1. The highest BCUT2D eigenvalue weighted by Crippen LogP contribution is 2.38. The van der Waals surface area contributed by atoms with Crippen LogP contribution in [0.25, 0.3) is 43.5 Å². The molecule has 0 unspecified atom stereocenters. The number of benzene rings is 1. The zero-order valence-electron chi connectivity index (χ0n) is 19.3. The van der Waals surface area contributed by atoms with Gasteiger partial charge in [0.05, 0.1) is 15.9 Å². The minimum absolute atomic E-state index is 0.550. The summed E-state index contributed by atoms with van der Waals surface area (Å²) in [6.45, 7) is 9.74. The zero-order valence-corrected chi connectivity index (χ0v) is 18.1. The van der Waals surface area contributed by atoms with Gasteiger partial charge in [0.2, 0.25) is 5.71 Å². The lowest BCUT2D eigenvalue weighted by atomic mass is 9.88. The van der Waals surface area contributed by atoms with Crippen LogP contribution >= 0.6 is 11.3 Å². The monoisotopic (exact) mass is 402 g/mol. The first-order chi connectivity index (χ1) is 14.6. The number of pyridine rings is 2. The molecule has 0 aliphatic carbocycles. The largest absolute Gasteiger partial charge is 0.437 e. The summed E-state index contributed by atoms with van der Waals surface area (Å²) in [7, 11) is 0. The average molecular weight is 403 g/mol. The van der Waals surface area contributed by atoms with Crippen molar-refractivity contribution in [3.63, 3.8) is 0 Å². The Morgan fingerprint density at radius 1 is 1.00 bits per heavy atom. The lowest BCUT2D eigenvalue weighted by Gasteiger charge is -2.18. The molecule has 0 saturated carbocycles. The summed E-state index contributed by atoms with van der Waals surface area (Å²) < 4.78 is 24.9. The van der Waals surface area contributed by atoms with Crippen molar-refractivity contribution in [2.24, 2.45) is 5.41 Å². The predicted octanol–water partition coefficient (Wildman–Crippen LogP) is 7.46. The summed E-state index contributed by atoms with van der Waals surface area (Å²) in [5.74, 6) is 0. The quantitative estimate of drug-likeness (QED) is 0.307. The number of furan rings is 1. The van der Waals surface area contributed by atoms with Crippen molar-refractivity contribution >= 4 is 43.6 Å². The molecule has 0 aliphatic heterocycles. The molecule has 0 atom stereocenters. The van der Waals surface area contributed by atoms with E-state index in [1.165, 1.54) is 0 Å². The maximum absolute atomic E-state index is 8.86. The van der Waals surface area contributed by atoms with Gasteiger partial charge in [0.1, 0.15) is 5.58 Å². The van der Waals surface area contributed by atoms with Crippen LogP contribution in [0.3, 0.4) is 0 Å². The Balaban J connectivity index is 1.78. The molecule has 1 aromatic carbocycles. The first-order valence-corrected chi connectivity index (χ1v) is 10.6. The van der Waals surface area contributed by atoms with E-state index in [0.717, 1.165) is 48.4 Å². The second-order valence-corrected chi connectivity index (χ2v) is 9.80. The Morgan fingerprint density at radius 3 is 2.62 bits per heavy atom. The molecule has 0 radical (unpaired) electrons. The third-order valence-corrected chi connectivity index (χ3v) is 6.05. The Labute approximate surface area is 177 Å². The van der Waals surface area contributed by atoms with Gasteiger partial charge in [-0.05, 0) is 61.5 Å². The molecule has 0 aliphatic rings. The molecule has 5 aromatic rings. The van der Waals surface area contributed by atoms with Crippen molar-refractivity contribution in [1.29, 1.82) is 0 Å². The molecule has 0 saturated heterocycles. The standard InChI is InChI=1S/C25H24N2OS/c1-14-9-10-17-16-7-6-8-18(23(16)28-24(17)26-14)20-11-12-21-22(27-20)19(15(2)29-21)13-25(3,4)5/h6-12H,13H2,1-5H3/i13D2. The van der Waals surface area contributed by atoms with Gasteiger partial charge in [-0.15, -0.1) is 11.3 Å². The topological polar surface area (TPSA) is 38.9 Å². The molecular formula is C25H24N2OS. The van der Waals surface area contributed by atoms with Gasteiger partial charge in [0.15, 0.2) is 0 Å². The van der Waals surface area contributed by atoms with Crippen molar-refractivity contribution in [3.05, 3.63) is 58.6 Å². The lowest BCUT2D eigenvalue weighted by Crippen LogP contribution is -2.09. The highest BCUT2D eigenvalue weighted by atomic mass is 32.1. The number of aromatic nitrogens is 2. The average Bonchev–Trinajstić information content (AvgIpc) is 3.22. The van der Waals surface area contributed by atoms with Gasteiger partial charge in [-0.1, -0.05) is 32.9 Å². The molecule has 0 N–H and O–H groups in total. The molecule has 146 valence electrons. The van der Waals surface area contributed by atoms with Crippen molar-refractivity contribution in [1.82, 2.24) is 9.97 Å². The SMILES string of the molecule is [2H]C([2H])(c1c(C)sc2ccc(-c3cccc4c3oc3nc(C)ccc34)nc12)C(C)(C)C. The molecule has 29 heavy (non-hydrogen) atoms. The molecule has 0 fully saturated rings. The fourth-order valence-electron chi connectivity index (χ4n) is 3.74. The van der Waals surface area contributed by atoms with Gasteiger partial charge in [-0.2, -0.15) is 0 Å². The summed E-state index contributed by atoms with van der Waals surface area (Å²) in [4.78, 5) is 10.5. The van der Waals surface area contributed by atoms with Crippen LogP contribution in [0.5, 0.6) is 0 Å². The third-order valence-electron chi connectivity index (χ3n) is 4.99. The van der Waals surface area contributed by atoms with E-state index in [1.807, 2.05) is 77.1 Å². The van der Waals surface area contributed by atoms with Gasteiger partial charge < -0.3 is 4.42 Å². The smallest absolute Gasteiger partial charge is 0.227 e. The van der Waals surface area contributed by atoms with Crippen LogP contribution in [-0.2, 0) is 6.37 Å². The maximum atomic E-state index is 8.86. The first-order valence-electron chi connectivity index (χ1n) is 10.8. The van der Waals surface area contributed by atoms with Crippen LogP contribution in [0.15, 0.2) is 46.9 Å². The van der Waals surface area contributed by atoms with E-state index >= 15 is 0 Å². The van der Waals surface area contributed by atoms with Crippen molar-refractivity contribution in [3.8, 4) is 11.3 Å². The number of thiophene rings is 1. The minimum atomic E-state index is -1.51. The number of hydrogen-bond acceptors (Lipinski definition) is 4. The molecule has 5 rings (SSSR count). The van der Waals surface area contributed by atoms with E-state index in [-0.39, 0.29) is 0 Å². The number of fused-ring (bicyclic) bond motifs is 4. The Bertz CT molecular complexity index is 1470. The van der Waals surface area contributed by atoms with Crippen molar-refractivity contribution in [2.75, 3.05) is 0 Å². The Kier molecular flexibility index (Phi) is 3.55. The van der Waals surface area contributed by atoms with Crippen LogP contribution in [-0.4, -0.2) is 9.97 Å². The number of rotatable bonds is 2. The Morgan fingerprint density at radius 2 is 1.83 bits per heavy atom. The second-order valence-electron chi connectivity index (χ2n) is 8.54. The van der Waals surface area contributed by atoms with Crippen LogP contribution < -0.4 is 0 Å². The number of aryl methyl sites for hydroxylation is 2. The summed E-state index contributed by atoms with van der Waals surface area (Å²) in [6.07, 6.45) is -1.51. The van der Waals surface area contributed by atoms with E-state index in [4.69, 9.17) is 12.1 Å². The number of hydrogen-bond donors (Lipinski definition) is 0.